The van der Waals surface area contributed by atoms with E-state index < -0.39 is 0 Å². The first kappa shape index (κ1) is 16.2. The van der Waals surface area contributed by atoms with Crippen LogP contribution in [0.15, 0.2) is 18.2 Å². The minimum Gasteiger partial charge on any atom is -0.296 e. The quantitative estimate of drug-likeness (QED) is 0.776. The van der Waals surface area contributed by atoms with Crippen molar-refractivity contribution in [1.82, 2.24) is 4.90 Å². The largest absolute Gasteiger partial charge is 0.296 e. The Bertz CT molecular complexity index is 505. The summed E-state index contributed by atoms with van der Waals surface area (Å²) in [4.78, 5) is 15.0. The van der Waals surface area contributed by atoms with Crippen LogP contribution in [0.2, 0.25) is 0 Å². The van der Waals surface area contributed by atoms with Crippen molar-refractivity contribution in [2.75, 3.05) is 19.6 Å². The predicted molar refractivity (Wildman–Crippen MR) is 89.0 cm³/mol. The third kappa shape index (κ3) is 4.16. The van der Waals surface area contributed by atoms with E-state index in [4.69, 9.17) is 0 Å². The molecule has 0 aromatic heterocycles. The van der Waals surface area contributed by atoms with Crippen LogP contribution < -0.4 is 0 Å². The van der Waals surface area contributed by atoms with Crippen molar-refractivity contribution in [3.63, 3.8) is 0 Å². The van der Waals surface area contributed by atoms with Crippen LogP contribution in [0.25, 0.3) is 0 Å². The minimum absolute atomic E-state index is 0.0866. The highest BCUT2D eigenvalue weighted by atomic mass is 16.1. The Kier molecular flexibility index (Phi) is 4.88. The van der Waals surface area contributed by atoms with Crippen LogP contribution >= 0.6 is 0 Å². The van der Waals surface area contributed by atoms with Gasteiger partial charge in [-0.1, -0.05) is 39.8 Å². The molecule has 0 atom stereocenters. The van der Waals surface area contributed by atoms with Crippen LogP contribution in [0.4, 0.5) is 0 Å². The zero-order valence-electron chi connectivity index (χ0n) is 14.2. The van der Waals surface area contributed by atoms with Gasteiger partial charge < -0.3 is 0 Å². The maximum Gasteiger partial charge on any atom is 0.177 e. The Morgan fingerprint density at radius 2 is 1.86 bits per heavy atom. The highest BCUT2D eigenvalue weighted by molar-refractivity contribution is 5.99. The van der Waals surface area contributed by atoms with Gasteiger partial charge in [0, 0.05) is 5.56 Å². The average Bonchev–Trinajstić information content (AvgIpc) is 2.40. The monoisotopic (exact) mass is 287 g/mol. The van der Waals surface area contributed by atoms with Crippen LogP contribution in [0.3, 0.4) is 0 Å². The van der Waals surface area contributed by atoms with E-state index >= 15 is 0 Å². The Morgan fingerprint density at radius 1 is 1.24 bits per heavy atom. The number of hydrogen-bond donors (Lipinski definition) is 0. The molecule has 0 amide bonds. The predicted octanol–water partition coefficient (Wildman–Crippen LogP) is 4.21. The van der Waals surface area contributed by atoms with Crippen molar-refractivity contribution in [2.24, 2.45) is 5.92 Å². The lowest BCUT2D eigenvalue weighted by Crippen LogP contribution is -2.37. The summed E-state index contributed by atoms with van der Waals surface area (Å²) in [6, 6.07) is 6.34. The Hall–Kier alpha value is -1.15. The van der Waals surface area contributed by atoms with Gasteiger partial charge in [0.1, 0.15) is 0 Å². The van der Waals surface area contributed by atoms with Gasteiger partial charge in [0.15, 0.2) is 5.78 Å². The lowest BCUT2D eigenvalue weighted by molar-refractivity contribution is 0.0899. The first-order valence-electron chi connectivity index (χ1n) is 8.14. The van der Waals surface area contributed by atoms with E-state index in [9.17, 15) is 4.79 Å². The van der Waals surface area contributed by atoms with Gasteiger partial charge >= 0.3 is 0 Å². The van der Waals surface area contributed by atoms with Gasteiger partial charge in [0.2, 0.25) is 0 Å². The molecule has 1 aromatic rings. The summed E-state index contributed by atoms with van der Waals surface area (Å²) in [7, 11) is 0. The smallest absolute Gasteiger partial charge is 0.177 e. The van der Waals surface area contributed by atoms with Gasteiger partial charge in [-0.3, -0.25) is 9.69 Å². The molecule has 1 fully saturated rings. The number of carbonyl (C=O) groups excluding carboxylic acids is 1. The van der Waals surface area contributed by atoms with E-state index in [2.05, 4.69) is 50.8 Å². The van der Waals surface area contributed by atoms with Crippen LogP contribution in [0.1, 0.15) is 62.0 Å². The SMILES string of the molecule is Cc1ccc(C(C)(C)C)cc1C(=O)CN1CCC(C)CC1. The summed E-state index contributed by atoms with van der Waals surface area (Å²) in [5.41, 5.74) is 3.33. The summed E-state index contributed by atoms with van der Waals surface area (Å²) in [6.45, 7) is 13.6. The third-order valence-corrected chi connectivity index (χ3v) is 4.65. The normalized spacial score (nSPS) is 18.0. The lowest BCUT2D eigenvalue weighted by atomic mass is 9.84. The number of carbonyl (C=O) groups is 1. The van der Waals surface area contributed by atoms with Crippen LogP contribution in [-0.4, -0.2) is 30.3 Å². The van der Waals surface area contributed by atoms with Crippen LogP contribution in [0.5, 0.6) is 0 Å². The topological polar surface area (TPSA) is 20.3 Å². The molecule has 2 nitrogen and oxygen atoms in total. The van der Waals surface area contributed by atoms with Crippen molar-refractivity contribution in [3.05, 3.63) is 34.9 Å². The zero-order chi connectivity index (χ0) is 15.6. The number of nitrogens with zero attached hydrogens (tertiary/aromatic N) is 1. The molecule has 2 heteroatoms. The van der Waals surface area contributed by atoms with E-state index in [1.54, 1.807) is 0 Å². The molecular formula is C19H29NO. The summed E-state index contributed by atoms with van der Waals surface area (Å²) in [5, 5.41) is 0. The van der Waals surface area contributed by atoms with Gasteiger partial charge in [0.25, 0.3) is 0 Å². The van der Waals surface area contributed by atoms with Gasteiger partial charge in [0.05, 0.1) is 6.54 Å². The Labute approximate surface area is 129 Å². The van der Waals surface area contributed by atoms with Crippen LogP contribution in [0, 0.1) is 12.8 Å². The molecule has 1 aromatic carbocycles. The molecule has 0 radical (unpaired) electrons. The molecule has 0 saturated carbocycles. The fourth-order valence-electron chi connectivity index (χ4n) is 2.90. The Balaban J connectivity index is 2.11. The second-order valence-electron chi connectivity index (χ2n) is 7.66. The first-order chi connectivity index (χ1) is 9.77. The molecule has 0 aliphatic carbocycles. The molecule has 116 valence electrons. The molecule has 1 aliphatic heterocycles. The van der Waals surface area contributed by atoms with Crippen molar-refractivity contribution in [3.8, 4) is 0 Å². The number of benzene rings is 1. The summed E-state index contributed by atoms with van der Waals surface area (Å²) in [6.07, 6.45) is 2.43. The van der Waals surface area contributed by atoms with Crippen molar-refractivity contribution >= 4 is 5.78 Å². The maximum atomic E-state index is 12.7. The van der Waals surface area contributed by atoms with Gasteiger partial charge in [-0.15, -0.1) is 0 Å². The number of hydrogen-bond acceptors (Lipinski definition) is 2. The zero-order valence-corrected chi connectivity index (χ0v) is 14.2. The number of piperidine rings is 1. The molecule has 0 bridgehead atoms. The number of likely N-dealkylation sites (tertiary alicyclic amines) is 1. The Morgan fingerprint density at radius 3 is 2.43 bits per heavy atom. The number of rotatable bonds is 3. The number of Topliss-reactive ketones (excluding diaryl/α,β-unsaturated/α-hetero) is 1. The fraction of sp³-hybridized carbons (Fsp3) is 0.632. The standard InChI is InChI=1S/C19H29NO/c1-14-8-10-20(11-9-14)13-18(21)17-12-16(19(3,4)5)7-6-15(17)2/h6-7,12,14H,8-11,13H2,1-5H3. The summed E-state index contributed by atoms with van der Waals surface area (Å²) < 4.78 is 0. The van der Waals surface area contributed by atoms with Gasteiger partial charge in [-0.2, -0.15) is 0 Å². The molecular weight excluding hydrogens is 258 g/mol. The molecule has 1 saturated heterocycles. The second-order valence-corrected chi connectivity index (χ2v) is 7.66. The van der Waals surface area contributed by atoms with E-state index in [0.29, 0.717) is 6.54 Å². The molecule has 21 heavy (non-hydrogen) atoms. The minimum atomic E-state index is 0.0866. The number of aryl methyl sites for hydroxylation is 1. The van der Waals surface area contributed by atoms with Gasteiger partial charge in [-0.05, 0) is 61.4 Å². The first-order valence-corrected chi connectivity index (χ1v) is 8.14. The van der Waals surface area contributed by atoms with Crippen molar-refractivity contribution in [1.29, 1.82) is 0 Å². The van der Waals surface area contributed by atoms with Crippen LogP contribution in [-0.2, 0) is 5.41 Å². The maximum absolute atomic E-state index is 12.7. The van der Waals surface area contributed by atoms with E-state index in [0.717, 1.165) is 30.1 Å². The summed E-state index contributed by atoms with van der Waals surface area (Å²) in [5.74, 6) is 1.08. The van der Waals surface area contributed by atoms with E-state index in [-0.39, 0.29) is 11.2 Å². The highest BCUT2D eigenvalue weighted by Crippen LogP contribution is 2.25. The molecule has 0 N–H and O–H groups in total. The second kappa shape index (κ2) is 6.31. The van der Waals surface area contributed by atoms with E-state index in [1.165, 1.54) is 18.4 Å². The number of ketones is 1. The lowest BCUT2D eigenvalue weighted by Gasteiger charge is -2.29. The van der Waals surface area contributed by atoms with Crippen molar-refractivity contribution < 1.29 is 4.79 Å². The van der Waals surface area contributed by atoms with Crippen molar-refractivity contribution in [2.45, 2.75) is 52.9 Å². The van der Waals surface area contributed by atoms with Gasteiger partial charge in [-0.25, -0.2) is 0 Å². The molecule has 1 aliphatic rings. The molecule has 0 spiro atoms. The highest BCUT2D eigenvalue weighted by Gasteiger charge is 2.21. The molecule has 2 rings (SSSR count). The average molecular weight is 287 g/mol. The fourth-order valence-corrected chi connectivity index (χ4v) is 2.90. The third-order valence-electron chi connectivity index (χ3n) is 4.65. The summed E-state index contributed by atoms with van der Waals surface area (Å²) >= 11 is 0. The molecule has 1 heterocycles. The molecule has 0 unspecified atom stereocenters. The van der Waals surface area contributed by atoms with E-state index in [1.807, 2.05) is 6.92 Å².